The van der Waals surface area contributed by atoms with Crippen molar-refractivity contribution in [1.82, 2.24) is 4.90 Å². The van der Waals surface area contributed by atoms with Gasteiger partial charge in [-0.1, -0.05) is 47.5 Å². The molecule has 0 atom stereocenters. The van der Waals surface area contributed by atoms with Crippen molar-refractivity contribution in [2.24, 2.45) is 0 Å². The largest absolute Gasteiger partial charge is 0.490 e. The molecule has 178 valence electrons. The van der Waals surface area contributed by atoms with Crippen LogP contribution in [0.3, 0.4) is 0 Å². The van der Waals surface area contributed by atoms with E-state index < -0.39 is 11.9 Å². The monoisotopic (exact) mass is 527 g/mol. The first-order valence-electron chi connectivity index (χ1n) is 10.6. The molecule has 1 heterocycles. The average Bonchev–Trinajstić information content (AvgIpc) is 3.10. The number of nitrogens with zero attached hydrogens (tertiary/aromatic N) is 1. The summed E-state index contributed by atoms with van der Waals surface area (Å²) in [6.07, 6.45) is 1.60. The molecule has 1 aliphatic heterocycles. The molecule has 3 aromatic carbocycles. The maximum atomic E-state index is 12.9. The van der Waals surface area contributed by atoms with Crippen LogP contribution in [0.2, 0.25) is 10.0 Å². The Hall–Kier alpha value is -3.26. The van der Waals surface area contributed by atoms with Crippen molar-refractivity contribution >= 4 is 58.2 Å². The zero-order valence-electron chi connectivity index (χ0n) is 18.5. The van der Waals surface area contributed by atoms with Gasteiger partial charge in [-0.3, -0.25) is 14.5 Å². The third-order valence-electron chi connectivity index (χ3n) is 5.01. The maximum absolute atomic E-state index is 12.9. The number of carbonyl (C=O) groups excluding carboxylic acids is 3. The van der Waals surface area contributed by atoms with Gasteiger partial charge in [-0.2, -0.15) is 0 Å². The molecule has 1 saturated heterocycles. The molecule has 35 heavy (non-hydrogen) atoms. The molecule has 0 bridgehead atoms. The maximum Gasteiger partial charge on any atom is 0.343 e. The summed E-state index contributed by atoms with van der Waals surface area (Å²) in [5.74, 6) is -0.401. The van der Waals surface area contributed by atoms with Crippen LogP contribution in [0.4, 0.5) is 4.79 Å². The minimum absolute atomic E-state index is 0.0888. The SMILES string of the molecule is CCOc1cc(/C=C2\SC(=O)N(Cc3ccccc3Cl)C2=O)ccc1OC(=O)c1ccc(Cl)cc1. The van der Waals surface area contributed by atoms with E-state index in [0.717, 1.165) is 16.7 Å². The predicted molar refractivity (Wildman–Crippen MR) is 137 cm³/mol. The number of carbonyl (C=O) groups is 3. The highest BCUT2D eigenvalue weighted by atomic mass is 35.5. The van der Waals surface area contributed by atoms with E-state index >= 15 is 0 Å². The summed E-state index contributed by atoms with van der Waals surface area (Å²) < 4.78 is 11.2. The number of thioether (sulfide) groups is 1. The molecule has 0 aliphatic carbocycles. The lowest BCUT2D eigenvalue weighted by Gasteiger charge is -2.13. The molecule has 0 N–H and O–H groups in total. The summed E-state index contributed by atoms with van der Waals surface area (Å²) in [7, 11) is 0. The minimum Gasteiger partial charge on any atom is -0.490 e. The zero-order valence-corrected chi connectivity index (χ0v) is 20.8. The Kier molecular flexibility index (Phi) is 7.80. The Morgan fingerprint density at radius 1 is 1.00 bits per heavy atom. The van der Waals surface area contributed by atoms with E-state index in [0.29, 0.717) is 39.1 Å². The molecule has 6 nitrogen and oxygen atoms in total. The molecule has 0 aromatic heterocycles. The van der Waals surface area contributed by atoms with Crippen molar-refractivity contribution in [3.8, 4) is 11.5 Å². The number of hydrogen-bond donors (Lipinski definition) is 0. The lowest BCUT2D eigenvalue weighted by atomic mass is 10.1. The highest BCUT2D eigenvalue weighted by molar-refractivity contribution is 8.18. The number of benzene rings is 3. The quantitative estimate of drug-likeness (QED) is 0.190. The molecule has 1 fully saturated rings. The van der Waals surface area contributed by atoms with Gasteiger partial charge in [0.1, 0.15) is 0 Å². The number of hydrogen-bond acceptors (Lipinski definition) is 6. The van der Waals surface area contributed by atoms with Crippen LogP contribution >= 0.6 is 35.0 Å². The summed E-state index contributed by atoms with van der Waals surface area (Å²) in [5.41, 5.74) is 1.64. The molecule has 0 radical (unpaired) electrons. The van der Waals surface area contributed by atoms with E-state index in [2.05, 4.69) is 0 Å². The number of ether oxygens (including phenoxy) is 2. The molecule has 2 amide bonds. The van der Waals surface area contributed by atoms with Crippen LogP contribution in [0.15, 0.2) is 71.6 Å². The average molecular weight is 528 g/mol. The fourth-order valence-electron chi connectivity index (χ4n) is 3.30. The number of rotatable bonds is 7. The first-order chi connectivity index (χ1) is 16.9. The third-order valence-corrected chi connectivity index (χ3v) is 6.54. The second kappa shape index (κ2) is 11.0. The van der Waals surface area contributed by atoms with E-state index in [1.165, 1.54) is 0 Å². The van der Waals surface area contributed by atoms with Gasteiger partial charge in [0.2, 0.25) is 0 Å². The Morgan fingerprint density at radius 2 is 1.74 bits per heavy atom. The van der Waals surface area contributed by atoms with Crippen molar-refractivity contribution < 1.29 is 23.9 Å². The summed E-state index contributed by atoms with van der Waals surface area (Å²) in [6, 6.07) is 18.3. The van der Waals surface area contributed by atoms with Crippen molar-refractivity contribution in [2.45, 2.75) is 13.5 Å². The van der Waals surface area contributed by atoms with E-state index in [9.17, 15) is 14.4 Å². The van der Waals surface area contributed by atoms with Crippen LogP contribution in [0, 0.1) is 0 Å². The Bertz CT molecular complexity index is 1320. The van der Waals surface area contributed by atoms with E-state index in [4.69, 9.17) is 32.7 Å². The summed E-state index contributed by atoms with van der Waals surface area (Å²) in [6.45, 7) is 2.23. The van der Waals surface area contributed by atoms with Gasteiger partial charge in [0, 0.05) is 10.0 Å². The summed E-state index contributed by atoms with van der Waals surface area (Å²) >= 11 is 12.9. The van der Waals surface area contributed by atoms with Crippen LogP contribution in [-0.2, 0) is 11.3 Å². The zero-order chi connectivity index (χ0) is 24.9. The van der Waals surface area contributed by atoms with Gasteiger partial charge in [0.15, 0.2) is 11.5 Å². The molecule has 9 heteroatoms. The third kappa shape index (κ3) is 5.88. The fraction of sp³-hybridized carbons (Fsp3) is 0.115. The van der Waals surface area contributed by atoms with Crippen molar-refractivity contribution in [3.05, 3.63) is 98.4 Å². The molecule has 0 saturated carbocycles. The smallest absolute Gasteiger partial charge is 0.343 e. The van der Waals surface area contributed by atoms with E-state index in [1.54, 1.807) is 79.7 Å². The number of imide groups is 1. The molecule has 0 unspecified atom stereocenters. The van der Waals surface area contributed by atoms with Gasteiger partial charge in [-0.05, 0) is 78.4 Å². The molecule has 4 rings (SSSR count). The standard InChI is InChI=1S/C26H19Cl2NO5S/c1-2-33-22-13-16(7-12-21(22)34-25(31)17-8-10-19(27)11-9-17)14-23-24(30)29(26(32)35-23)15-18-5-3-4-6-20(18)28/h3-14H,2,15H2,1H3/b23-14-. The highest BCUT2D eigenvalue weighted by Gasteiger charge is 2.35. The first kappa shape index (κ1) is 24.9. The van der Waals surface area contributed by atoms with Crippen molar-refractivity contribution in [3.63, 3.8) is 0 Å². The number of halogens is 2. The van der Waals surface area contributed by atoms with Gasteiger partial charge < -0.3 is 9.47 Å². The highest BCUT2D eigenvalue weighted by Crippen LogP contribution is 2.36. The summed E-state index contributed by atoms with van der Waals surface area (Å²) in [5, 5.41) is 0.623. The predicted octanol–water partition coefficient (Wildman–Crippen LogP) is 6.85. The number of esters is 1. The topological polar surface area (TPSA) is 72.9 Å². The Balaban J connectivity index is 1.54. The van der Waals surface area contributed by atoms with Gasteiger partial charge in [-0.25, -0.2) is 4.79 Å². The fourth-order valence-corrected chi connectivity index (χ4v) is 4.46. The van der Waals surface area contributed by atoms with Gasteiger partial charge >= 0.3 is 5.97 Å². The second-order valence-electron chi connectivity index (χ2n) is 7.39. The summed E-state index contributed by atoms with van der Waals surface area (Å²) in [4.78, 5) is 39.3. The molecular weight excluding hydrogens is 509 g/mol. The van der Waals surface area contributed by atoms with Crippen LogP contribution < -0.4 is 9.47 Å². The molecule has 0 spiro atoms. The molecule has 3 aromatic rings. The lowest BCUT2D eigenvalue weighted by Crippen LogP contribution is -2.27. The van der Waals surface area contributed by atoms with Crippen molar-refractivity contribution in [2.75, 3.05) is 6.61 Å². The van der Waals surface area contributed by atoms with Gasteiger partial charge in [-0.15, -0.1) is 0 Å². The number of amides is 2. The van der Waals surface area contributed by atoms with Crippen LogP contribution in [0.5, 0.6) is 11.5 Å². The van der Waals surface area contributed by atoms with Crippen LogP contribution in [-0.4, -0.2) is 28.6 Å². The minimum atomic E-state index is -0.559. The molecule has 1 aliphatic rings. The van der Waals surface area contributed by atoms with Crippen molar-refractivity contribution in [1.29, 1.82) is 0 Å². The normalized spacial score (nSPS) is 14.5. The lowest BCUT2D eigenvalue weighted by molar-refractivity contribution is -0.123. The second-order valence-corrected chi connectivity index (χ2v) is 9.23. The Morgan fingerprint density at radius 3 is 2.46 bits per heavy atom. The molecular formula is C26H19Cl2NO5S. The van der Waals surface area contributed by atoms with Gasteiger partial charge in [0.05, 0.1) is 23.6 Å². The van der Waals surface area contributed by atoms with Crippen LogP contribution in [0.25, 0.3) is 6.08 Å². The Labute approximate surface area is 216 Å². The van der Waals surface area contributed by atoms with Crippen LogP contribution in [0.1, 0.15) is 28.4 Å². The van der Waals surface area contributed by atoms with E-state index in [-0.39, 0.29) is 22.4 Å². The van der Waals surface area contributed by atoms with E-state index in [1.807, 2.05) is 0 Å². The first-order valence-corrected chi connectivity index (χ1v) is 12.2. The van der Waals surface area contributed by atoms with Gasteiger partial charge in [0.25, 0.3) is 11.1 Å².